The number of anilines is 1. The first kappa shape index (κ1) is 25.5. The van der Waals surface area contributed by atoms with Crippen LogP contribution < -0.4 is 10.3 Å². The number of piperazine rings is 1. The molecule has 0 unspecified atom stereocenters. The molecule has 36 heavy (non-hydrogen) atoms. The summed E-state index contributed by atoms with van der Waals surface area (Å²) in [4.78, 5) is 30.4. The van der Waals surface area contributed by atoms with Crippen molar-refractivity contribution in [3.63, 3.8) is 0 Å². The highest BCUT2D eigenvalue weighted by Crippen LogP contribution is 2.19. The first-order valence-corrected chi connectivity index (χ1v) is 11.8. The first-order valence-electron chi connectivity index (χ1n) is 11.8. The smallest absolute Gasteiger partial charge is 0.411 e. The zero-order valence-corrected chi connectivity index (χ0v) is 20.1. The molecule has 0 spiro atoms. The summed E-state index contributed by atoms with van der Waals surface area (Å²) in [6.45, 7) is 5.14. The molecule has 0 atom stereocenters. The van der Waals surface area contributed by atoms with Gasteiger partial charge in [0.1, 0.15) is 17.3 Å². The standard InChI is InChI=1S/C26H29F2N5O3/c1-30-10-12-31(13-11-30)7-3-8-32(26(35)36)22-5-2-4-19(14-22)15-24-25(34)6-9-33(29-24)23-17-20(27)16-21(28)18-23/h2,4-6,9,14,16-18H,3,7-8,10-13,15H2,1H3,(H,35,36). The molecule has 0 bridgehead atoms. The fourth-order valence-corrected chi connectivity index (χ4v) is 4.27. The predicted octanol–water partition coefficient (Wildman–Crippen LogP) is 3.22. The van der Waals surface area contributed by atoms with Gasteiger partial charge in [-0.1, -0.05) is 12.1 Å². The van der Waals surface area contributed by atoms with E-state index in [9.17, 15) is 23.5 Å². The van der Waals surface area contributed by atoms with Gasteiger partial charge >= 0.3 is 6.09 Å². The summed E-state index contributed by atoms with van der Waals surface area (Å²) in [5.41, 5.74) is 1.22. The molecule has 4 rings (SSSR count). The molecule has 1 amide bonds. The molecule has 1 fully saturated rings. The molecule has 2 heterocycles. The molecule has 1 N–H and O–H groups in total. The van der Waals surface area contributed by atoms with Crippen LogP contribution in [0.2, 0.25) is 0 Å². The maximum atomic E-state index is 13.6. The molecule has 190 valence electrons. The summed E-state index contributed by atoms with van der Waals surface area (Å²) in [6.07, 6.45) is 1.15. The van der Waals surface area contributed by atoms with E-state index in [1.807, 2.05) is 0 Å². The van der Waals surface area contributed by atoms with Crippen LogP contribution in [0.4, 0.5) is 19.3 Å². The van der Waals surface area contributed by atoms with Gasteiger partial charge in [-0.2, -0.15) is 5.10 Å². The van der Waals surface area contributed by atoms with Crippen molar-refractivity contribution in [2.24, 2.45) is 0 Å². The lowest BCUT2D eigenvalue weighted by Gasteiger charge is -2.32. The molecule has 8 nitrogen and oxygen atoms in total. The molecule has 1 aliphatic rings. The number of amides is 1. The summed E-state index contributed by atoms with van der Waals surface area (Å²) >= 11 is 0. The molecule has 1 saturated heterocycles. The van der Waals surface area contributed by atoms with E-state index in [0.717, 1.165) is 50.9 Å². The molecule has 1 aromatic heterocycles. The fraction of sp³-hybridized carbons (Fsp3) is 0.346. The third kappa shape index (κ3) is 6.52. The maximum absolute atomic E-state index is 13.6. The van der Waals surface area contributed by atoms with Gasteiger partial charge in [0, 0.05) is 63.2 Å². The summed E-state index contributed by atoms with van der Waals surface area (Å²) in [5, 5.41) is 14.1. The highest BCUT2D eigenvalue weighted by atomic mass is 19.1. The van der Waals surface area contributed by atoms with Crippen LogP contribution in [0.3, 0.4) is 0 Å². The SMILES string of the molecule is CN1CCN(CCCN(C(=O)O)c2cccc(Cc3nn(-c4cc(F)cc(F)c4)ccc3=O)c2)CC1. The van der Waals surface area contributed by atoms with Gasteiger partial charge in [0.05, 0.1) is 5.69 Å². The minimum atomic E-state index is -1.04. The Morgan fingerprint density at radius 2 is 1.78 bits per heavy atom. The molecule has 0 radical (unpaired) electrons. The van der Waals surface area contributed by atoms with E-state index >= 15 is 0 Å². The van der Waals surface area contributed by atoms with Gasteiger partial charge in [-0.25, -0.2) is 18.3 Å². The van der Waals surface area contributed by atoms with Crippen LogP contribution >= 0.6 is 0 Å². The lowest BCUT2D eigenvalue weighted by Crippen LogP contribution is -2.45. The highest BCUT2D eigenvalue weighted by molar-refractivity contribution is 5.86. The van der Waals surface area contributed by atoms with Crippen molar-refractivity contribution in [2.45, 2.75) is 12.8 Å². The van der Waals surface area contributed by atoms with Gasteiger partial charge < -0.3 is 14.9 Å². The van der Waals surface area contributed by atoms with Crippen LogP contribution in [0.1, 0.15) is 17.7 Å². The normalized spacial score (nSPS) is 14.6. The zero-order valence-electron chi connectivity index (χ0n) is 20.1. The Kier molecular flexibility index (Phi) is 8.07. The van der Waals surface area contributed by atoms with E-state index in [1.165, 1.54) is 21.8 Å². The van der Waals surface area contributed by atoms with Crippen LogP contribution in [0, 0.1) is 11.6 Å². The molecular formula is C26H29F2N5O3. The van der Waals surface area contributed by atoms with Gasteiger partial charge in [-0.3, -0.25) is 9.69 Å². The summed E-state index contributed by atoms with van der Waals surface area (Å²) in [5.74, 6) is -1.50. The third-order valence-electron chi connectivity index (χ3n) is 6.27. The summed E-state index contributed by atoms with van der Waals surface area (Å²) < 4.78 is 28.5. The van der Waals surface area contributed by atoms with Gasteiger partial charge in [0.15, 0.2) is 0 Å². The average molecular weight is 498 g/mol. The predicted molar refractivity (Wildman–Crippen MR) is 133 cm³/mol. The molecular weight excluding hydrogens is 468 g/mol. The van der Waals surface area contributed by atoms with Crippen LogP contribution in [-0.2, 0) is 6.42 Å². The van der Waals surface area contributed by atoms with E-state index in [0.29, 0.717) is 24.2 Å². The number of nitrogens with zero attached hydrogens (tertiary/aromatic N) is 5. The molecule has 0 saturated carbocycles. The van der Waals surface area contributed by atoms with E-state index in [-0.39, 0.29) is 23.2 Å². The number of likely N-dealkylation sites (N-methyl/N-ethyl adjacent to an activating group) is 1. The second-order valence-corrected chi connectivity index (χ2v) is 8.98. The topological polar surface area (TPSA) is 81.9 Å². The number of benzene rings is 2. The Balaban J connectivity index is 1.47. The number of aromatic nitrogens is 2. The zero-order chi connectivity index (χ0) is 25.7. The molecule has 10 heteroatoms. The van der Waals surface area contributed by atoms with Gasteiger partial charge in [-0.05, 0) is 49.8 Å². The second kappa shape index (κ2) is 11.4. The van der Waals surface area contributed by atoms with E-state index in [1.54, 1.807) is 24.3 Å². The number of hydrogen-bond donors (Lipinski definition) is 1. The van der Waals surface area contributed by atoms with Crippen molar-refractivity contribution in [2.75, 3.05) is 51.2 Å². The molecule has 1 aliphatic heterocycles. The Morgan fingerprint density at radius 1 is 1.06 bits per heavy atom. The van der Waals surface area contributed by atoms with Crippen LogP contribution in [0.25, 0.3) is 5.69 Å². The van der Waals surface area contributed by atoms with Crippen molar-refractivity contribution in [3.05, 3.63) is 87.8 Å². The molecule has 0 aliphatic carbocycles. The number of halogens is 2. The highest BCUT2D eigenvalue weighted by Gasteiger charge is 2.18. The third-order valence-corrected chi connectivity index (χ3v) is 6.27. The summed E-state index contributed by atoms with van der Waals surface area (Å²) in [7, 11) is 2.10. The van der Waals surface area contributed by atoms with Crippen molar-refractivity contribution in [1.29, 1.82) is 0 Å². The van der Waals surface area contributed by atoms with Crippen molar-refractivity contribution < 1.29 is 18.7 Å². The first-order chi connectivity index (χ1) is 17.3. The van der Waals surface area contributed by atoms with E-state index < -0.39 is 17.7 Å². The van der Waals surface area contributed by atoms with Crippen molar-refractivity contribution in [3.8, 4) is 5.69 Å². The van der Waals surface area contributed by atoms with Crippen LogP contribution in [0.5, 0.6) is 0 Å². The average Bonchev–Trinajstić information content (AvgIpc) is 2.83. The monoisotopic (exact) mass is 497 g/mol. The van der Waals surface area contributed by atoms with Gasteiger partial charge in [0.25, 0.3) is 0 Å². The van der Waals surface area contributed by atoms with Crippen molar-refractivity contribution in [1.82, 2.24) is 19.6 Å². The van der Waals surface area contributed by atoms with Gasteiger partial charge in [-0.15, -0.1) is 0 Å². The Labute approximate surface area is 208 Å². The number of carboxylic acid groups (broad SMARTS) is 1. The lowest BCUT2D eigenvalue weighted by atomic mass is 10.1. The minimum Gasteiger partial charge on any atom is -0.465 e. The number of rotatable bonds is 8. The summed E-state index contributed by atoms with van der Waals surface area (Å²) in [6, 6.07) is 11.3. The van der Waals surface area contributed by atoms with Crippen molar-refractivity contribution >= 4 is 11.8 Å². The minimum absolute atomic E-state index is 0.139. The van der Waals surface area contributed by atoms with E-state index in [2.05, 4.69) is 21.9 Å². The molecule has 2 aromatic carbocycles. The largest absolute Gasteiger partial charge is 0.465 e. The van der Waals surface area contributed by atoms with Crippen LogP contribution in [0.15, 0.2) is 59.5 Å². The quantitative estimate of drug-likeness (QED) is 0.515. The Hall–Kier alpha value is -3.63. The van der Waals surface area contributed by atoms with Gasteiger partial charge in [0.2, 0.25) is 5.43 Å². The van der Waals surface area contributed by atoms with Crippen LogP contribution in [-0.4, -0.2) is 77.1 Å². The Bertz CT molecular complexity index is 1250. The Morgan fingerprint density at radius 3 is 2.47 bits per heavy atom. The maximum Gasteiger partial charge on any atom is 0.411 e. The lowest BCUT2D eigenvalue weighted by molar-refractivity contribution is 0.153. The number of hydrogen-bond acceptors (Lipinski definition) is 5. The number of carbonyl (C=O) groups is 1. The molecule has 3 aromatic rings. The fourth-order valence-electron chi connectivity index (χ4n) is 4.27. The second-order valence-electron chi connectivity index (χ2n) is 8.98. The van der Waals surface area contributed by atoms with E-state index in [4.69, 9.17) is 0 Å².